The van der Waals surface area contributed by atoms with Gasteiger partial charge in [0.25, 0.3) is 5.91 Å². The molecule has 166 valence electrons. The van der Waals surface area contributed by atoms with E-state index in [1.165, 1.54) is 53.6 Å². The van der Waals surface area contributed by atoms with Crippen LogP contribution in [0.2, 0.25) is 10.0 Å². The number of amides is 1. The molecule has 0 radical (unpaired) electrons. The monoisotopic (exact) mass is 469 g/mol. The molecule has 1 atom stereocenters. The van der Waals surface area contributed by atoms with Crippen LogP contribution in [0.4, 0.5) is 11.4 Å². The lowest BCUT2D eigenvalue weighted by Gasteiger charge is -2.14. The Hall–Kier alpha value is -3.04. The Morgan fingerprint density at radius 2 is 1.48 bits per heavy atom. The van der Waals surface area contributed by atoms with Crippen LogP contribution in [0.5, 0.6) is 23.0 Å². The summed E-state index contributed by atoms with van der Waals surface area (Å²) in [5.41, 5.74) is 0.502. The minimum Gasteiger partial charge on any atom is -0.495 e. The van der Waals surface area contributed by atoms with Gasteiger partial charge in [0.15, 0.2) is 17.3 Å². The Labute approximate surface area is 189 Å². The molecule has 1 amide bonds. The molecular formula is C20H21Cl2N3O6. The van der Waals surface area contributed by atoms with Gasteiger partial charge in [-0.25, -0.2) is 0 Å². The van der Waals surface area contributed by atoms with Gasteiger partial charge in [0.1, 0.15) is 27.2 Å². The summed E-state index contributed by atoms with van der Waals surface area (Å²) in [6.07, 6.45) is 0. The van der Waals surface area contributed by atoms with Crippen molar-refractivity contribution in [1.29, 1.82) is 0 Å². The number of benzene rings is 2. The molecule has 0 aromatic heterocycles. The first kappa shape index (κ1) is 24.2. The quantitative estimate of drug-likeness (QED) is 0.420. The molecule has 0 aliphatic heterocycles. The number of azo groups is 1. The lowest BCUT2D eigenvalue weighted by atomic mass is 10.2. The number of methoxy groups -OCH3 is 4. The van der Waals surface area contributed by atoms with Crippen LogP contribution in [0.3, 0.4) is 0 Å². The number of hydrogen-bond donors (Lipinski definition) is 1. The van der Waals surface area contributed by atoms with E-state index in [0.717, 1.165) is 0 Å². The summed E-state index contributed by atoms with van der Waals surface area (Å²) in [5.74, 6) is -0.00313. The second kappa shape index (κ2) is 10.8. The number of anilines is 1. The van der Waals surface area contributed by atoms with Crippen LogP contribution in [0.1, 0.15) is 6.92 Å². The maximum atomic E-state index is 12.7. The van der Waals surface area contributed by atoms with E-state index in [1.54, 1.807) is 6.07 Å². The van der Waals surface area contributed by atoms with Gasteiger partial charge in [0.2, 0.25) is 6.04 Å². The smallest absolute Gasteiger partial charge is 0.258 e. The Kier molecular flexibility index (Phi) is 8.47. The molecule has 0 spiro atoms. The van der Waals surface area contributed by atoms with Crippen molar-refractivity contribution in [3.63, 3.8) is 0 Å². The molecular weight excluding hydrogens is 449 g/mol. The van der Waals surface area contributed by atoms with Crippen LogP contribution >= 0.6 is 23.2 Å². The van der Waals surface area contributed by atoms with E-state index < -0.39 is 17.7 Å². The second-order valence-corrected chi connectivity index (χ2v) is 6.80. The third kappa shape index (κ3) is 5.56. The largest absolute Gasteiger partial charge is 0.495 e. The average molecular weight is 470 g/mol. The van der Waals surface area contributed by atoms with E-state index in [-0.39, 0.29) is 33.0 Å². The zero-order chi connectivity index (χ0) is 23.1. The lowest BCUT2D eigenvalue weighted by Crippen LogP contribution is -2.31. The molecule has 2 aromatic rings. The van der Waals surface area contributed by atoms with Crippen molar-refractivity contribution >= 4 is 46.3 Å². The number of nitrogens with one attached hydrogen (secondary N) is 1. The summed E-state index contributed by atoms with van der Waals surface area (Å²) in [5, 5.41) is 10.8. The summed E-state index contributed by atoms with van der Waals surface area (Å²) in [6, 6.07) is 4.66. The minimum absolute atomic E-state index is 0.125. The maximum Gasteiger partial charge on any atom is 0.258 e. The number of Topliss-reactive ketones (excluding diaryl/α,β-unsaturated/α-hetero) is 1. The number of halogens is 2. The molecule has 0 heterocycles. The van der Waals surface area contributed by atoms with Gasteiger partial charge in [0, 0.05) is 17.8 Å². The van der Waals surface area contributed by atoms with Gasteiger partial charge < -0.3 is 24.3 Å². The number of nitrogens with zero attached hydrogens (tertiary/aromatic N) is 2. The molecule has 0 saturated carbocycles. The molecule has 31 heavy (non-hydrogen) atoms. The van der Waals surface area contributed by atoms with Gasteiger partial charge in [-0.05, 0) is 19.1 Å². The van der Waals surface area contributed by atoms with Gasteiger partial charge in [0.05, 0.1) is 28.4 Å². The number of carbonyl (C=O) groups is 2. The number of hydrogen-bond acceptors (Lipinski definition) is 8. The molecule has 0 saturated heterocycles. The van der Waals surface area contributed by atoms with Crippen molar-refractivity contribution in [2.45, 2.75) is 13.0 Å². The fraction of sp³-hybridized carbons (Fsp3) is 0.300. The summed E-state index contributed by atoms with van der Waals surface area (Å²) >= 11 is 12.4. The maximum absolute atomic E-state index is 12.7. The Morgan fingerprint density at radius 1 is 0.903 bits per heavy atom. The van der Waals surface area contributed by atoms with Crippen molar-refractivity contribution in [2.75, 3.05) is 33.8 Å². The fourth-order valence-electron chi connectivity index (χ4n) is 2.55. The first-order chi connectivity index (χ1) is 14.8. The van der Waals surface area contributed by atoms with E-state index in [0.29, 0.717) is 11.4 Å². The second-order valence-electron chi connectivity index (χ2n) is 6.05. The number of rotatable bonds is 9. The summed E-state index contributed by atoms with van der Waals surface area (Å²) in [6.45, 7) is 1.22. The van der Waals surface area contributed by atoms with Crippen molar-refractivity contribution in [3.8, 4) is 23.0 Å². The third-order valence-corrected chi connectivity index (χ3v) is 4.83. The first-order valence-electron chi connectivity index (χ1n) is 8.81. The van der Waals surface area contributed by atoms with Crippen LogP contribution in [0, 0.1) is 0 Å². The molecule has 1 unspecified atom stereocenters. The van der Waals surface area contributed by atoms with E-state index in [2.05, 4.69) is 15.5 Å². The summed E-state index contributed by atoms with van der Waals surface area (Å²) in [7, 11) is 5.73. The predicted octanol–water partition coefficient (Wildman–Crippen LogP) is 4.71. The first-order valence-corrected chi connectivity index (χ1v) is 9.57. The van der Waals surface area contributed by atoms with Crippen LogP contribution in [0.15, 0.2) is 34.5 Å². The normalized spacial score (nSPS) is 11.7. The van der Waals surface area contributed by atoms with Gasteiger partial charge >= 0.3 is 0 Å². The number of ether oxygens (including phenoxy) is 4. The number of ketones is 1. The SMILES string of the molecule is COc1cc(NC(=O)C(N=Nc2ccc(OC)c(OC)c2Cl)C(C)=O)cc(OC)c1Cl. The van der Waals surface area contributed by atoms with E-state index in [4.69, 9.17) is 42.1 Å². The van der Waals surface area contributed by atoms with Crippen LogP contribution in [-0.4, -0.2) is 46.2 Å². The Bertz CT molecular complexity index is 988. The molecule has 9 nitrogen and oxygen atoms in total. The predicted molar refractivity (Wildman–Crippen MR) is 117 cm³/mol. The van der Waals surface area contributed by atoms with Crippen molar-refractivity contribution in [3.05, 3.63) is 34.3 Å². The minimum atomic E-state index is -1.42. The average Bonchev–Trinajstić information content (AvgIpc) is 2.75. The van der Waals surface area contributed by atoms with Gasteiger partial charge in [-0.1, -0.05) is 23.2 Å². The van der Waals surface area contributed by atoms with Crippen molar-refractivity contribution in [2.24, 2.45) is 10.2 Å². The van der Waals surface area contributed by atoms with Crippen LogP contribution < -0.4 is 24.3 Å². The van der Waals surface area contributed by atoms with Gasteiger partial charge in [-0.2, -0.15) is 10.2 Å². The van der Waals surface area contributed by atoms with Crippen molar-refractivity contribution in [1.82, 2.24) is 0 Å². The topological polar surface area (TPSA) is 108 Å². The molecule has 11 heteroatoms. The highest BCUT2D eigenvalue weighted by atomic mass is 35.5. The Balaban J connectivity index is 2.31. The summed E-state index contributed by atoms with van der Waals surface area (Å²) < 4.78 is 20.7. The molecule has 0 bridgehead atoms. The van der Waals surface area contributed by atoms with Crippen molar-refractivity contribution < 1.29 is 28.5 Å². The van der Waals surface area contributed by atoms with Crippen LogP contribution in [0.25, 0.3) is 0 Å². The molecule has 0 aliphatic carbocycles. The molecule has 1 N–H and O–H groups in total. The highest BCUT2D eigenvalue weighted by Gasteiger charge is 2.24. The zero-order valence-corrected chi connectivity index (χ0v) is 19.0. The molecule has 0 aliphatic rings. The number of carbonyl (C=O) groups excluding carboxylic acids is 2. The fourth-order valence-corrected chi connectivity index (χ4v) is 3.08. The molecule has 2 rings (SSSR count). The summed E-state index contributed by atoms with van der Waals surface area (Å²) in [4.78, 5) is 24.7. The zero-order valence-electron chi connectivity index (χ0n) is 17.5. The third-order valence-electron chi connectivity index (χ3n) is 4.09. The van der Waals surface area contributed by atoms with Gasteiger partial charge in [-0.15, -0.1) is 0 Å². The lowest BCUT2D eigenvalue weighted by molar-refractivity contribution is -0.126. The Morgan fingerprint density at radius 3 is 1.97 bits per heavy atom. The molecule has 0 fully saturated rings. The standard InChI is InChI=1S/C20H21Cl2N3O6/c1-10(26)18(25-24-12-6-7-13(28-2)19(31-5)16(12)21)20(27)23-11-8-14(29-3)17(22)15(9-11)30-4/h6-9,18H,1-5H3,(H,23,27). The van der Waals surface area contributed by atoms with Crippen LogP contribution in [-0.2, 0) is 9.59 Å². The van der Waals surface area contributed by atoms with E-state index in [9.17, 15) is 9.59 Å². The highest BCUT2D eigenvalue weighted by Crippen LogP contribution is 2.41. The van der Waals surface area contributed by atoms with Gasteiger partial charge in [-0.3, -0.25) is 9.59 Å². The van der Waals surface area contributed by atoms with E-state index in [1.807, 2.05) is 0 Å². The molecule has 2 aromatic carbocycles. The highest BCUT2D eigenvalue weighted by molar-refractivity contribution is 6.34. The van der Waals surface area contributed by atoms with E-state index >= 15 is 0 Å².